The molecule has 2 heterocycles. The number of nitrogens with one attached hydrogen (secondary N) is 1. The fourth-order valence-corrected chi connectivity index (χ4v) is 3.31. The lowest BCUT2D eigenvalue weighted by molar-refractivity contribution is -0.143. The average Bonchev–Trinajstić information content (AvgIpc) is 3.26. The van der Waals surface area contributed by atoms with Gasteiger partial charge in [-0.2, -0.15) is 5.21 Å². The highest BCUT2D eigenvalue weighted by atomic mass is 16.5. The minimum absolute atomic E-state index is 0.0249. The summed E-state index contributed by atoms with van der Waals surface area (Å²) in [5, 5.41) is 33.0. The molecule has 0 radical (unpaired) electrons. The third-order valence-electron chi connectivity index (χ3n) is 4.80. The molecule has 0 fully saturated rings. The summed E-state index contributed by atoms with van der Waals surface area (Å²) in [6.45, 7) is 3.96. The molecule has 0 aliphatic heterocycles. The molecule has 9 heteroatoms. The number of carboxylic acid groups (broad SMARTS) is 1. The largest absolute Gasteiger partial charge is 0.481 e. The Morgan fingerprint density at radius 3 is 2.40 bits per heavy atom. The van der Waals surface area contributed by atoms with Gasteiger partial charge in [0.15, 0.2) is 5.82 Å². The maximum Gasteiger partial charge on any atom is 0.307 e. The highest BCUT2D eigenvalue weighted by Crippen LogP contribution is 2.31. The maximum atomic E-state index is 11.9. The van der Waals surface area contributed by atoms with Crippen LogP contribution < -0.4 is 4.74 Å². The molecule has 0 saturated carbocycles. The third-order valence-corrected chi connectivity index (χ3v) is 4.80. The summed E-state index contributed by atoms with van der Waals surface area (Å²) in [7, 11) is 0. The maximum absolute atomic E-state index is 11.9. The van der Waals surface area contributed by atoms with Crippen LogP contribution in [0.5, 0.6) is 11.6 Å². The molecule has 0 aliphatic rings. The predicted octanol–water partition coefficient (Wildman–Crippen LogP) is 2.95. The molecule has 3 rings (SSSR count). The van der Waals surface area contributed by atoms with Gasteiger partial charge in [-0.3, -0.25) is 4.79 Å². The van der Waals surface area contributed by atoms with Gasteiger partial charge in [-0.1, -0.05) is 37.3 Å². The van der Waals surface area contributed by atoms with E-state index in [1.54, 1.807) is 36.5 Å². The minimum Gasteiger partial charge on any atom is -0.481 e. The van der Waals surface area contributed by atoms with Crippen LogP contribution >= 0.6 is 0 Å². The van der Waals surface area contributed by atoms with Gasteiger partial charge in [0.2, 0.25) is 5.88 Å². The standard InChI is InChI=1S/C21H25N5O4/c1-13(2)9-18(21(28)29)17(20-23-25-26-24-20)10-15-5-8-19(22-11-15)30-16-6-3-14(12-27)4-7-16/h3-8,11,13,17-18,27H,9-10,12H2,1-2H3,(H,28,29)(H,23,24,25,26). The molecule has 3 aromatic rings. The Morgan fingerprint density at radius 2 is 1.87 bits per heavy atom. The molecule has 0 aliphatic carbocycles. The van der Waals surface area contributed by atoms with Gasteiger partial charge in [0.1, 0.15) is 5.75 Å². The smallest absolute Gasteiger partial charge is 0.307 e. The summed E-state index contributed by atoms with van der Waals surface area (Å²) in [6.07, 6.45) is 2.59. The van der Waals surface area contributed by atoms with E-state index in [1.807, 2.05) is 19.9 Å². The van der Waals surface area contributed by atoms with E-state index in [4.69, 9.17) is 9.84 Å². The molecule has 0 amide bonds. The van der Waals surface area contributed by atoms with E-state index in [0.717, 1.165) is 11.1 Å². The average molecular weight is 411 g/mol. The summed E-state index contributed by atoms with van der Waals surface area (Å²) in [6, 6.07) is 10.7. The molecule has 0 spiro atoms. The van der Waals surface area contributed by atoms with Crippen molar-refractivity contribution in [3.05, 3.63) is 59.5 Å². The Hall–Kier alpha value is -3.33. The van der Waals surface area contributed by atoms with Gasteiger partial charge in [0, 0.05) is 18.2 Å². The molecule has 0 saturated heterocycles. The molecular weight excluding hydrogens is 386 g/mol. The fourth-order valence-electron chi connectivity index (χ4n) is 3.31. The zero-order chi connectivity index (χ0) is 21.5. The zero-order valence-electron chi connectivity index (χ0n) is 16.9. The summed E-state index contributed by atoms with van der Waals surface area (Å²) >= 11 is 0. The lowest BCUT2D eigenvalue weighted by atomic mass is 9.81. The van der Waals surface area contributed by atoms with Crippen molar-refractivity contribution in [3.63, 3.8) is 0 Å². The van der Waals surface area contributed by atoms with Crippen LogP contribution in [0, 0.1) is 11.8 Å². The van der Waals surface area contributed by atoms with Crippen molar-refractivity contribution in [1.29, 1.82) is 0 Å². The van der Waals surface area contributed by atoms with E-state index in [0.29, 0.717) is 30.3 Å². The van der Waals surface area contributed by atoms with E-state index < -0.39 is 17.8 Å². The molecule has 30 heavy (non-hydrogen) atoms. The Kier molecular flexibility index (Phi) is 7.08. The summed E-state index contributed by atoms with van der Waals surface area (Å²) in [5.41, 5.74) is 1.65. The second-order valence-electron chi connectivity index (χ2n) is 7.56. The minimum atomic E-state index is -0.877. The van der Waals surface area contributed by atoms with Crippen LogP contribution in [0.2, 0.25) is 0 Å². The second kappa shape index (κ2) is 9.93. The van der Waals surface area contributed by atoms with Gasteiger partial charge in [-0.15, -0.1) is 10.2 Å². The number of aromatic nitrogens is 5. The summed E-state index contributed by atoms with van der Waals surface area (Å²) in [4.78, 5) is 16.3. The summed E-state index contributed by atoms with van der Waals surface area (Å²) in [5.74, 6) is -0.313. The van der Waals surface area contributed by atoms with Crippen molar-refractivity contribution in [1.82, 2.24) is 25.6 Å². The van der Waals surface area contributed by atoms with Crippen LogP contribution in [-0.4, -0.2) is 41.8 Å². The number of pyridine rings is 1. The van der Waals surface area contributed by atoms with E-state index in [2.05, 4.69) is 25.6 Å². The first-order valence-electron chi connectivity index (χ1n) is 9.75. The van der Waals surface area contributed by atoms with Crippen molar-refractivity contribution in [2.45, 2.75) is 39.2 Å². The van der Waals surface area contributed by atoms with Crippen molar-refractivity contribution < 1.29 is 19.7 Å². The third kappa shape index (κ3) is 5.60. The molecule has 2 unspecified atom stereocenters. The number of benzene rings is 1. The van der Waals surface area contributed by atoms with E-state index in [-0.39, 0.29) is 12.5 Å². The number of aromatic amines is 1. The molecule has 3 N–H and O–H groups in total. The number of rotatable bonds is 10. The Bertz CT molecular complexity index is 927. The number of aliphatic hydroxyl groups is 1. The summed E-state index contributed by atoms with van der Waals surface area (Å²) < 4.78 is 5.72. The van der Waals surface area contributed by atoms with Gasteiger partial charge in [-0.05, 0) is 42.0 Å². The lowest BCUT2D eigenvalue weighted by Gasteiger charge is -2.23. The van der Waals surface area contributed by atoms with Crippen LogP contribution in [-0.2, 0) is 17.8 Å². The van der Waals surface area contributed by atoms with Crippen LogP contribution in [0.3, 0.4) is 0 Å². The number of aliphatic carboxylic acids is 1. The van der Waals surface area contributed by atoms with E-state index in [9.17, 15) is 9.90 Å². The van der Waals surface area contributed by atoms with Crippen LogP contribution in [0.25, 0.3) is 0 Å². The first-order valence-corrected chi connectivity index (χ1v) is 9.75. The number of aliphatic hydroxyl groups excluding tert-OH is 1. The SMILES string of the molecule is CC(C)CC(C(=O)O)C(Cc1ccc(Oc2ccc(CO)cc2)nc1)c1nn[nH]n1. The molecule has 2 atom stereocenters. The van der Waals surface area contributed by atoms with Gasteiger partial charge in [-0.25, -0.2) is 4.98 Å². The number of H-pyrrole nitrogens is 1. The first-order chi connectivity index (χ1) is 14.5. The van der Waals surface area contributed by atoms with Gasteiger partial charge >= 0.3 is 5.97 Å². The fraction of sp³-hybridized carbons (Fsp3) is 0.381. The highest BCUT2D eigenvalue weighted by Gasteiger charge is 2.33. The number of carboxylic acids is 1. The van der Waals surface area contributed by atoms with E-state index >= 15 is 0 Å². The molecule has 0 bridgehead atoms. The number of hydrogen-bond donors (Lipinski definition) is 3. The molecule has 9 nitrogen and oxygen atoms in total. The van der Waals surface area contributed by atoms with Gasteiger partial charge < -0.3 is 14.9 Å². The van der Waals surface area contributed by atoms with Crippen LogP contribution in [0.1, 0.15) is 43.1 Å². The normalized spacial score (nSPS) is 13.2. The quantitative estimate of drug-likeness (QED) is 0.463. The Morgan fingerprint density at radius 1 is 1.13 bits per heavy atom. The number of tetrazole rings is 1. The number of carbonyl (C=O) groups is 1. The van der Waals surface area contributed by atoms with Crippen molar-refractivity contribution in [3.8, 4) is 11.6 Å². The number of ether oxygens (including phenoxy) is 1. The van der Waals surface area contributed by atoms with Gasteiger partial charge in [0.25, 0.3) is 0 Å². The second-order valence-corrected chi connectivity index (χ2v) is 7.56. The van der Waals surface area contributed by atoms with Crippen molar-refractivity contribution in [2.24, 2.45) is 11.8 Å². The van der Waals surface area contributed by atoms with Crippen molar-refractivity contribution >= 4 is 5.97 Å². The van der Waals surface area contributed by atoms with Crippen LogP contribution in [0.4, 0.5) is 0 Å². The zero-order valence-corrected chi connectivity index (χ0v) is 16.9. The Balaban J connectivity index is 1.75. The molecular formula is C21H25N5O4. The predicted molar refractivity (Wildman–Crippen MR) is 108 cm³/mol. The number of hydrogen-bond acceptors (Lipinski definition) is 7. The van der Waals surface area contributed by atoms with E-state index in [1.165, 1.54) is 0 Å². The molecule has 158 valence electrons. The number of nitrogens with zero attached hydrogens (tertiary/aromatic N) is 4. The van der Waals surface area contributed by atoms with Crippen molar-refractivity contribution in [2.75, 3.05) is 0 Å². The monoisotopic (exact) mass is 411 g/mol. The molecule has 1 aromatic carbocycles. The topological polar surface area (TPSA) is 134 Å². The van der Waals surface area contributed by atoms with Gasteiger partial charge in [0.05, 0.1) is 12.5 Å². The molecule has 2 aromatic heterocycles. The lowest BCUT2D eigenvalue weighted by Crippen LogP contribution is -2.26. The first kappa shape index (κ1) is 21.4. The highest BCUT2D eigenvalue weighted by molar-refractivity contribution is 5.71. The Labute approximate surface area is 174 Å². The van der Waals surface area contributed by atoms with Crippen LogP contribution in [0.15, 0.2) is 42.6 Å².